The molecule has 11 unspecified atom stereocenters. The lowest BCUT2D eigenvalue weighted by Crippen LogP contribution is -2.61. The second kappa shape index (κ2) is 11.4. The molecular formula is C18H34O12. The Kier molecular flexibility index (Phi) is 9.80. The van der Waals surface area contributed by atoms with Gasteiger partial charge in [-0.2, -0.15) is 0 Å². The maximum Gasteiger partial charge on any atom is 0.187 e. The highest BCUT2D eigenvalue weighted by Crippen LogP contribution is 2.26. The van der Waals surface area contributed by atoms with E-state index in [1.807, 2.05) is 0 Å². The topological polar surface area (TPSA) is 188 Å². The molecule has 0 aromatic rings. The fourth-order valence-electron chi connectivity index (χ4n) is 3.33. The van der Waals surface area contributed by atoms with Gasteiger partial charge in [-0.25, -0.2) is 0 Å². The van der Waals surface area contributed by atoms with Crippen molar-refractivity contribution in [3.05, 3.63) is 0 Å². The zero-order chi connectivity index (χ0) is 22.6. The first-order valence-corrected chi connectivity index (χ1v) is 9.96. The molecule has 30 heavy (non-hydrogen) atoms. The molecule has 2 aliphatic heterocycles. The predicted octanol–water partition coefficient (Wildman–Crippen LogP) is -3.56. The lowest BCUT2D eigenvalue weighted by Gasteiger charge is -2.43. The highest BCUT2D eigenvalue weighted by atomic mass is 16.7. The SMILES string of the molecule is CC(C)OC1OC(CO)C(OCC(C)OC2OC(CO)C(O)C(O)C2O)C(O)C1O. The van der Waals surface area contributed by atoms with Crippen molar-refractivity contribution in [3.8, 4) is 0 Å². The van der Waals surface area contributed by atoms with Crippen LogP contribution in [0.15, 0.2) is 0 Å². The highest BCUT2D eigenvalue weighted by Gasteiger charge is 2.47. The van der Waals surface area contributed by atoms with Crippen molar-refractivity contribution in [2.24, 2.45) is 0 Å². The Morgan fingerprint density at radius 3 is 1.80 bits per heavy atom. The van der Waals surface area contributed by atoms with Crippen molar-refractivity contribution in [2.45, 2.75) is 94.4 Å². The molecule has 0 amide bonds. The van der Waals surface area contributed by atoms with Gasteiger partial charge in [-0.3, -0.25) is 0 Å². The average Bonchev–Trinajstić information content (AvgIpc) is 2.70. The number of aliphatic hydroxyl groups excluding tert-OH is 7. The lowest BCUT2D eigenvalue weighted by molar-refractivity contribution is -0.326. The van der Waals surface area contributed by atoms with Gasteiger partial charge in [0.2, 0.25) is 0 Å². The van der Waals surface area contributed by atoms with Crippen molar-refractivity contribution in [2.75, 3.05) is 19.8 Å². The minimum Gasteiger partial charge on any atom is -0.394 e. The summed E-state index contributed by atoms with van der Waals surface area (Å²) in [5.41, 5.74) is 0. The van der Waals surface area contributed by atoms with E-state index in [1.54, 1.807) is 20.8 Å². The number of hydrogen-bond donors (Lipinski definition) is 7. The summed E-state index contributed by atoms with van der Waals surface area (Å²) in [6.45, 7) is 3.80. The van der Waals surface area contributed by atoms with Gasteiger partial charge in [-0.1, -0.05) is 0 Å². The highest BCUT2D eigenvalue weighted by molar-refractivity contribution is 4.91. The molecular weight excluding hydrogens is 408 g/mol. The fraction of sp³-hybridized carbons (Fsp3) is 1.00. The van der Waals surface area contributed by atoms with Crippen LogP contribution >= 0.6 is 0 Å². The van der Waals surface area contributed by atoms with E-state index in [-0.39, 0.29) is 12.7 Å². The first kappa shape index (κ1) is 25.8. The van der Waals surface area contributed by atoms with Gasteiger partial charge in [0, 0.05) is 0 Å². The monoisotopic (exact) mass is 442 g/mol. The van der Waals surface area contributed by atoms with Crippen molar-refractivity contribution in [1.82, 2.24) is 0 Å². The van der Waals surface area contributed by atoms with Crippen LogP contribution < -0.4 is 0 Å². The van der Waals surface area contributed by atoms with Crippen molar-refractivity contribution < 1.29 is 59.4 Å². The minimum atomic E-state index is -1.57. The molecule has 7 N–H and O–H groups in total. The van der Waals surface area contributed by atoms with Crippen LogP contribution in [-0.2, 0) is 23.7 Å². The third-order valence-corrected chi connectivity index (χ3v) is 4.97. The molecule has 0 saturated carbocycles. The Hall–Kier alpha value is -0.480. The molecule has 0 aromatic heterocycles. The predicted molar refractivity (Wildman–Crippen MR) is 98.0 cm³/mol. The summed E-state index contributed by atoms with van der Waals surface area (Å²) >= 11 is 0. The Labute approximate surface area is 174 Å². The second-order valence-corrected chi connectivity index (χ2v) is 7.83. The van der Waals surface area contributed by atoms with Crippen LogP contribution in [0.5, 0.6) is 0 Å². The molecule has 2 heterocycles. The van der Waals surface area contributed by atoms with Gasteiger partial charge in [0.25, 0.3) is 0 Å². The summed E-state index contributed by atoms with van der Waals surface area (Å²) in [7, 11) is 0. The van der Waals surface area contributed by atoms with E-state index in [2.05, 4.69) is 0 Å². The van der Waals surface area contributed by atoms with Crippen LogP contribution in [0.3, 0.4) is 0 Å². The molecule has 0 bridgehead atoms. The molecule has 12 nitrogen and oxygen atoms in total. The van der Waals surface area contributed by atoms with E-state index < -0.39 is 80.7 Å². The van der Waals surface area contributed by atoms with Crippen LogP contribution in [0.1, 0.15) is 20.8 Å². The first-order valence-electron chi connectivity index (χ1n) is 9.96. The van der Waals surface area contributed by atoms with E-state index >= 15 is 0 Å². The molecule has 0 aliphatic carbocycles. The van der Waals surface area contributed by atoms with E-state index in [4.69, 9.17) is 23.7 Å². The van der Waals surface area contributed by atoms with E-state index in [1.165, 1.54) is 0 Å². The minimum absolute atomic E-state index is 0.154. The molecule has 2 saturated heterocycles. The maximum atomic E-state index is 10.4. The third kappa shape index (κ3) is 6.06. The second-order valence-electron chi connectivity index (χ2n) is 7.83. The zero-order valence-electron chi connectivity index (χ0n) is 17.2. The van der Waals surface area contributed by atoms with Crippen LogP contribution in [0.4, 0.5) is 0 Å². The molecule has 0 spiro atoms. The van der Waals surface area contributed by atoms with Crippen molar-refractivity contribution in [3.63, 3.8) is 0 Å². The quantitative estimate of drug-likeness (QED) is 0.186. The Balaban J connectivity index is 1.92. The van der Waals surface area contributed by atoms with E-state index in [0.717, 1.165) is 0 Å². The Bertz CT molecular complexity index is 504. The van der Waals surface area contributed by atoms with Gasteiger partial charge in [0.05, 0.1) is 32.0 Å². The van der Waals surface area contributed by atoms with Crippen LogP contribution in [0, 0.1) is 0 Å². The van der Waals surface area contributed by atoms with Gasteiger partial charge >= 0.3 is 0 Å². The molecule has 0 aromatic carbocycles. The van der Waals surface area contributed by atoms with Crippen LogP contribution in [-0.4, -0.2) is 129 Å². The summed E-state index contributed by atoms with van der Waals surface area (Å²) in [6.07, 6.45) is -14.1. The molecule has 0 radical (unpaired) electrons. The van der Waals surface area contributed by atoms with Gasteiger partial charge in [0.1, 0.15) is 48.8 Å². The molecule has 178 valence electrons. The smallest absolute Gasteiger partial charge is 0.187 e. The maximum absolute atomic E-state index is 10.4. The van der Waals surface area contributed by atoms with Crippen LogP contribution in [0.2, 0.25) is 0 Å². The molecule has 2 aliphatic rings. The van der Waals surface area contributed by atoms with Gasteiger partial charge in [-0.15, -0.1) is 0 Å². The summed E-state index contributed by atoms with van der Waals surface area (Å²) in [4.78, 5) is 0. The first-order chi connectivity index (χ1) is 14.1. The van der Waals surface area contributed by atoms with Gasteiger partial charge in [0.15, 0.2) is 12.6 Å². The standard InChI is InChI=1S/C18H34O12/c1-7(2)27-17-15(25)13(23)16(10(5-20)30-17)26-6-8(3)28-18-14(24)12(22)11(21)9(4-19)29-18/h7-25H,4-6H2,1-3H3. The summed E-state index contributed by atoms with van der Waals surface area (Å²) in [5.74, 6) is 0. The normalized spacial score (nSPS) is 43.7. The average molecular weight is 442 g/mol. The Morgan fingerprint density at radius 2 is 1.23 bits per heavy atom. The summed E-state index contributed by atoms with van der Waals surface area (Å²) in [6, 6.07) is 0. The number of rotatable bonds is 9. The largest absolute Gasteiger partial charge is 0.394 e. The molecule has 2 rings (SSSR count). The zero-order valence-corrected chi connectivity index (χ0v) is 17.2. The molecule has 2 fully saturated rings. The van der Waals surface area contributed by atoms with E-state index in [0.29, 0.717) is 0 Å². The lowest BCUT2D eigenvalue weighted by atomic mass is 9.99. The summed E-state index contributed by atoms with van der Waals surface area (Å²) < 4.78 is 27.2. The van der Waals surface area contributed by atoms with Crippen molar-refractivity contribution in [1.29, 1.82) is 0 Å². The van der Waals surface area contributed by atoms with Gasteiger partial charge < -0.3 is 59.4 Å². The fourth-order valence-corrected chi connectivity index (χ4v) is 3.33. The van der Waals surface area contributed by atoms with Crippen LogP contribution in [0.25, 0.3) is 0 Å². The Morgan fingerprint density at radius 1 is 0.700 bits per heavy atom. The number of aliphatic hydroxyl groups is 7. The van der Waals surface area contributed by atoms with E-state index in [9.17, 15) is 35.7 Å². The molecule has 12 heteroatoms. The number of ether oxygens (including phenoxy) is 5. The van der Waals surface area contributed by atoms with Crippen molar-refractivity contribution >= 4 is 0 Å². The third-order valence-electron chi connectivity index (χ3n) is 4.97. The summed E-state index contributed by atoms with van der Waals surface area (Å²) in [5, 5.41) is 69.0. The molecule has 11 atom stereocenters. The number of hydrogen-bond acceptors (Lipinski definition) is 12. The van der Waals surface area contributed by atoms with Gasteiger partial charge in [-0.05, 0) is 20.8 Å².